The Labute approximate surface area is 135 Å². The van der Waals surface area contributed by atoms with E-state index >= 15 is 0 Å². The second-order valence-corrected chi connectivity index (χ2v) is 6.14. The summed E-state index contributed by atoms with van der Waals surface area (Å²) in [6, 6.07) is 8.13. The van der Waals surface area contributed by atoms with Crippen molar-refractivity contribution >= 4 is 17.3 Å². The molecule has 0 bridgehead atoms. The predicted octanol–water partition coefficient (Wildman–Crippen LogP) is 3.98. The van der Waals surface area contributed by atoms with Crippen LogP contribution in [0.15, 0.2) is 35.3 Å². The van der Waals surface area contributed by atoms with Crippen LogP contribution in [0.4, 0.5) is 5.69 Å². The first kappa shape index (κ1) is 15.1. The molecule has 0 atom stereocenters. The molecule has 1 aromatic heterocycles. The first-order valence-corrected chi connectivity index (χ1v) is 8.14. The molecule has 1 N–H and O–H groups in total. The van der Waals surface area contributed by atoms with Gasteiger partial charge in [-0.05, 0) is 36.5 Å². The van der Waals surface area contributed by atoms with E-state index in [9.17, 15) is 4.79 Å². The van der Waals surface area contributed by atoms with Crippen LogP contribution in [0.1, 0.15) is 43.6 Å². The third kappa shape index (κ3) is 2.88. The van der Waals surface area contributed by atoms with Gasteiger partial charge in [-0.3, -0.25) is 4.79 Å². The standard InChI is InChI=1S/C17H20ClN3O/c1-19-15-11-20-21(17(22)16(15)18)14-9-7-13(8-10-14)12-5-3-2-4-6-12/h7-12,19H,2-6H2,1H3. The van der Waals surface area contributed by atoms with Crippen molar-refractivity contribution in [2.24, 2.45) is 0 Å². The molecule has 0 unspecified atom stereocenters. The molecule has 3 rings (SSSR count). The fourth-order valence-electron chi connectivity index (χ4n) is 3.11. The summed E-state index contributed by atoms with van der Waals surface area (Å²) in [7, 11) is 1.71. The van der Waals surface area contributed by atoms with Crippen molar-refractivity contribution in [1.82, 2.24) is 9.78 Å². The van der Waals surface area contributed by atoms with Crippen LogP contribution >= 0.6 is 11.6 Å². The zero-order chi connectivity index (χ0) is 15.5. The highest BCUT2D eigenvalue weighted by molar-refractivity contribution is 6.32. The van der Waals surface area contributed by atoms with E-state index in [-0.39, 0.29) is 10.6 Å². The Bertz CT molecular complexity index is 703. The predicted molar refractivity (Wildman–Crippen MR) is 90.2 cm³/mol. The lowest BCUT2D eigenvalue weighted by atomic mass is 9.84. The topological polar surface area (TPSA) is 46.9 Å². The summed E-state index contributed by atoms with van der Waals surface area (Å²) in [5.41, 5.74) is 2.34. The maximum Gasteiger partial charge on any atom is 0.292 e. The van der Waals surface area contributed by atoms with E-state index < -0.39 is 0 Å². The molecule has 116 valence electrons. The number of benzene rings is 1. The first-order valence-electron chi connectivity index (χ1n) is 7.76. The third-order valence-electron chi connectivity index (χ3n) is 4.40. The van der Waals surface area contributed by atoms with Gasteiger partial charge in [-0.1, -0.05) is 43.0 Å². The van der Waals surface area contributed by atoms with Crippen molar-refractivity contribution in [3.8, 4) is 5.69 Å². The highest BCUT2D eigenvalue weighted by Crippen LogP contribution is 2.32. The Morgan fingerprint density at radius 2 is 1.86 bits per heavy atom. The molecular weight excluding hydrogens is 298 g/mol. The fraction of sp³-hybridized carbons (Fsp3) is 0.412. The highest BCUT2D eigenvalue weighted by atomic mass is 35.5. The number of halogens is 1. The van der Waals surface area contributed by atoms with Gasteiger partial charge in [0.25, 0.3) is 5.56 Å². The van der Waals surface area contributed by atoms with Crippen LogP contribution < -0.4 is 10.9 Å². The second kappa shape index (κ2) is 6.53. The minimum Gasteiger partial charge on any atom is -0.385 e. The Morgan fingerprint density at radius 1 is 1.18 bits per heavy atom. The molecular formula is C17H20ClN3O. The maximum absolute atomic E-state index is 12.3. The lowest BCUT2D eigenvalue weighted by Gasteiger charge is -2.22. The number of nitrogens with one attached hydrogen (secondary N) is 1. The van der Waals surface area contributed by atoms with Crippen molar-refractivity contribution in [3.05, 3.63) is 51.4 Å². The van der Waals surface area contributed by atoms with Gasteiger partial charge in [-0.2, -0.15) is 9.78 Å². The second-order valence-electron chi connectivity index (χ2n) is 5.77. The van der Waals surface area contributed by atoms with Crippen molar-refractivity contribution in [1.29, 1.82) is 0 Å². The number of hydrogen-bond donors (Lipinski definition) is 1. The van der Waals surface area contributed by atoms with Gasteiger partial charge in [0.15, 0.2) is 0 Å². The molecule has 0 saturated heterocycles. The van der Waals surface area contributed by atoms with Crippen LogP contribution in [0.25, 0.3) is 5.69 Å². The van der Waals surface area contributed by atoms with E-state index in [0.29, 0.717) is 11.6 Å². The van der Waals surface area contributed by atoms with Crippen LogP contribution in [0.3, 0.4) is 0 Å². The van der Waals surface area contributed by atoms with E-state index in [2.05, 4.69) is 22.5 Å². The summed E-state index contributed by atoms with van der Waals surface area (Å²) in [5.74, 6) is 0.655. The van der Waals surface area contributed by atoms with Crippen LogP contribution in [0, 0.1) is 0 Å². The summed E-state index contributed by atoms with van der Waals surface area (Å²) in [6.45, 7) is 0. The van der Waals surface area contributed by atoms with Gasteiger partial charge >= 0.3 is 0 Å². The van der Waals surface area contributed by atoms with Crippen LogP contribution in [0.5, 0.6) is 0 Å². The zero-order valence-corrected chi connectivity index (χ0v) is 13.4. The van der Waals surface area contributed by atoms with Crippen LogP contribution in [-0.2, 0) is 0 Å². The molecule has 1 heterocycles. The van der Waals surface area contributed by atoms with Gasteiger partial charge in [0.05, 0.1) is 17.6 Å². The monoisotopic (exact) mass is 317 g/mol. The van der Waals surface area contributed by atoms with Crippen LogP contribution in [-0.4, -0.2) is 16.8 Å². The molecule has 0 spiro atoms. The molecule has 0 radical (unpaired) electrons. The van der Waals surface area contributed by atoms with Crippen molar-refractivity contribution in [2.75, 3.05) is 12.4 Å². The summed E-state index contributed by atoms with van der Waals surface area (Å²) in [6.07, 6.45) is 8.08. The molecule has 2 aromatic rings. The molecule has 1 fully saturated rings. The van der Waals surface area contributed by atoms with E-state index in [0.717, 1.165) is 5.69 Å². The van der Waals surface area contributed by atoms with Crippen LogP contribution in [0.2, 0.25) is 5.02 Å². The van der Waals surface area contributed by atoms with Gasteiger partial charge in [0.2, 0.25) is 0 Å². The fourth-order valence-corrected chi connectivity index (χ4v) is 3.34. The molecule has 5 heteroatoms. The van der Waals surface area contributed by atoms with Crippen molar-refractivity contribution in [2.45, 2.75) is 38.0 Å². The normalized spacial score (nSPS) is 15.7. The number of hydrogen-bond acceptors (Lipinski definition) is 3. The molecule has 0 amide bonds. The minimum atomic E-state index is -0.307. The summed E-state index contributed by atoms with van der Waals surface area (Å²) in [5, 5.41) is 7.20. The Morgan fingerprint density at radius 3 is 2.50 bits per heavy atom. The van der Waals surface area contributed by atoms with Crippen molar-refractivity contribution < 1.29 is 0 Å². The molecule has 4 nitrogen and oxygen atoms in total. The third-order valence-corrected chi connectivity index (χ3v) is 4.77. The average molecular weight is 318 g/mol. The largest absolute Gasteiger partial charge is 0.385 e. The molecule has 1 saturated carbocycles. The smallest absolute Gasteiger partial charge is 0.292 e. The average Bonchev–Trinajstić information content (AvgIpc) is 2.58. The molecule has 1 aliphatic carbocycles. The Balaban J connectivity index is 1.90. The summed E-state index contributed by atoms with van der Waals surface area (Å²) in [4.78, 5) is 12.3. The lowest BCUT2D eigenvalue weighted by Crippen LogP contribution is -2.22. The van der Waals surface area contributed by atoms with Gasteiger partial charge in [0, 0.05) is 7.05 Å². The maximum atomic E-state index is 12.3. The minimum absolute atomic E-state index is 0.161. The molecule has 1 aromatic carbocycles. The van der Waals surface area contributed by atoms with Gasteiger partial charge in [0.1, 0.15) is 5.02 Å². The molecule has 22 heavy (non-hydrogen) atoms. The SMILES string of the molecule is CNc1cnn(-c2ccc(C3CCCCC3)cc2)c(=O)c1Cl. The highest BCUT2D eigenvalue weighted by Gasteiger charge is 2.16. The van der Waals surface area contributed by atoms with Crippen molar-refractivity contribution in [3.63, 3.8) is 0 Å². The summed E-state index contributed by atoms with van der Waals surface area (Å²) >= 11 is 6.07. The van der Waals surface area contributed by atoms with E-state index in [4.69, 9.17) is 11.6 Å². The number of anilines is 1. The first-order chi connectivity index (χ1) is 10.7. The molecule has 1 aliphatic rings. The zero-order valence-electron chi connectivity index (χ0n) is 12.7. The Kier molecular flexibility index (Phi) is 4.48. The number of aromatic nitrogens is 2. The van der Waals surface area contributed by atoms with E-state index in [1.165, 1.54) is 42.3 Å². The van der Waals surface area contributed by atoms with Gasteiger partial charge in [-0.25, -0.2) is 0 Å². The van der Waals surface area contributed by atoms with Gasteiger partial charge < -0.3 is 5.32 Å². The van der Waals surface area contributed by atoms with Gasteiger partial charge in [-0.15, -0.1) is 0 Å². The molecule has 0 aliphatic heterocycles. The number of nitrogens with zero attached hydrogens (tertiary/aromatic N) is 2. The summed E-state index contributed by atoms with van der Waals surface area (Å²) < 4.78 is 1.34. The van der Waals surface area contributed by atoms with E-state index in [1.54, 1.807) is 13.2 Å². The number of rotatable bonds is 3. The quantitative estimate of drug-likeness (QED) is 0.931. The lowest BCUT2D eigenvalue weighted by molar-refractivity contribution is 0.443. The Hall–Kier alpha value is -1.81. The van der Waals surface area contributed by atoms with E-state index in [1.807, 2.05) is 12.1 Å².